The Labute approximate surface area is 169 Å². The highest BCUT2D eigenvalue weighted by molar-refractivity contribution is 9.11. The Kier molecular flexibility index (Phi) is 6.62. The summed E-state index contributed by atoms with van der Waals surface area (Å²) < 4.78 is 6.91. The second kappa shape index (κ2) is 8.28. The first-order valence-corrected chi connectivity index (χ1v) is 9.24. The predicted molar refractivity (Wildman–Crippen MR) is 108 cm³/mol. The van der Waals surface area contributed by atoms with Gasteiger partial charge in [-0.25, -0.2) is 0 Å². The van der Waals surface area contributed by atoms with Crippen molar-refractivity contribution in [3.63, 3.8) is 0 Å². The van der Waals surface area contributed by atoms with Gasteiger partial charge in [0.25, 0.3) is 5.91 Å². The summed E-state index contributed by atoms with van der Waals surface area (Å²) in [4.78, 5) is 12.4. The van der Waals surface area contributed by atoms with Gasteiger partial charge in [-0.2, -0.15) is 0 Å². The lowest BCUT2D eigenvalue weighted by Gasteiger charge is -2.13. The molecule has 1 amide bonds. The molecule has 0 aliphatic rings. The molecule has 2 rings (SSSR count). The van der Waals surface area contributed by atoms with Gasteiger partial charge in [-0.3, -0.25) is 10.1 Å². The fraction of sp³-hybridized carbons (Fsp3) is 0.0667. The SMILES string of the molecule is COc1ccc(Br)cc1C(=O)NC(=S)Nc1cc(Br)c(O)c(Br)c1. The van der Waals surface area contributed by atoms with Crippen molar-refractivity contribution in [3.8, 4) is 11.5 Å². The summed E-state index contributed by atoms with van der Waals surface area (Å²) in [5.41, 5.74) is 0.946. The number of carbonyl (C=O) groups is 1. The molecule has 0 fully saturated rings. The summed E-state index contributed by atoms with van der Waals surface area (Å²) in [5.74, 6) is 0.116. The highest BCUT2D eigenvalue weighted by atomic mass is 79.9. The lowest BCUT2D eigenvalue weighted by atomic mass is 10.2. The lowest BCUT2D eigenvalue weighted by molar-refractivity contribution is 0.0974. The third kappa shape index (κ3) is 4.69. The number of rotatable bonds is 3. The van der Waals surface area contributed by atoms with Crippen LogP contribution in [0.4, 0.5) is 5.69 Å². The topological polar surface area (TPSA) is 70.6 Å². The fourth-order valence-electron chi connectivity index (χ4n) is 1.83. The van der Waals surface area contributed by atoms with Crippen LogP contribution in [0.1, 0.15) is 10.4 Å². The number of phenols is 1. The number of methoxy groups -OCH3 is 1. The number of carbonyl (C=O) groups excluding carboxylic acids is 1. The van der Waals surface area contributed by atoms with Crippen LogP contribution in [0.15, 0.2) is 43.7 Å². The van der Waals surface area contributed by atoms with E-state index in [4.69, 9.17) is 17.0 Å². The quantitative estimate of drug-likeness (QED) is 0.386. The van der Waals surface area contributed by atoms with E-state index in [2.05, 4.69) is 58.4 Å². The van der Waals surface area contributed by atoms with Crippen LogP contribution in [-0.2, 0) is 0 Å². The Bertz CT molecular complexity index is 792. The zero-order chi connectivity index (χ0) is 17.9. The molecule has 0 aliphatic carbocycles. The number of halogens is 3. The molecule has 3 N–H and O–H groups in total. The molecule has 9 heteroatoms. The number of nitrogens with one attached hydrogen (secondary N) is 2. The van der Waals surface area contributed by atoms with E-state index in [1.807, 2.05) is 0 Å². The molecule has 0 atom stereocenters. The molecular formula is C15H11Br3N2O3S. The van der Waals surface area contributed by atoms with E-state index in [0.717, 1.165) is 4.47 Å². The molecular weight excluding hydrogens is 528 g/mol. The Morgan fingerprint density at radius 2 is 1.79 bits per heavy atom. The molecule has 2 aromatic rings. The maximum Gasteiger partial charge on any atom is 0.261 e. The smallest absolute Gasteiger partial charge is 0.261 e. The van der Waals surface area contributed by atoms with E-state index in [1.165, 1.54) is 7.11 Å². The van der Waals surface area contributed by atoms with E-state index >= 15 is 0 Å². The highest BCUT2D eigenvalue weighted by Crippen LogP contribution is 2.35. The zero-order valence-electron chi connectivity index (χ0n) is 12.2. The van der Waals surface area contributed by atoms with E-state index in [1.54, 1.807) is 30.3 Å². The zero-order valence-corrected chi connectivity index (χ0v) is 17.8. The number of aromatic hydroxyl groups is 1. The summed E-state index contributed by atoms with van der Waals surface area (Å²) in [7, 11) is 1.49. The molecule has 0 spiro atoms. The third-order valence-corrected chi connectivity index (χ3v) is 4.81. The molecule has 0 aliphatic heterocycles. The van der Waals surface area contributed by atoms with Crippen molar-refractivity contribution in [2.24, 2.45) is 0 Å². The number of benzene rings is 2. The van der Waals surface area contributed by atoms with Crippen molar-refractivity contribution in [1.82, 2.24) is 5.32 Å². The largest absolute Gasteiger partial charge is 0.506 e. The van der Waals surface area contributed by atoms with Crippen molar-refractivity contribution in [2.45, 2.75) is 0 Å². The Morgan fingerprint density at radius 3 is 2.38 bits per heavy atom. The number of anilines is 1. The van der Waals surface area contributed by atoms with E-state index in [9.17, 15) is 9.90 Å². The minimum absolute atomic E-state index is 0.0781. The van der Waals surface area contributed by atoms with Crippen LogP contribution < -0.4 is 15.4 Å². The minimum Gasteiger partial charge on any atom is -0.506 e. The first kappa shape index (κ1) is 19.2. The van der Waals surface area contributed by atoms with Crippen molar-refractivity contribution >= 4 is 76.7 Å². The summed E-state index contributed by atoms with van der Waals surface area (Å²) in [6, 6.07) is 8.38. The predicted octanol–water partition coefficient (Wildman–Crippen LogP) is 4.82. The number of hydrogen-bond donors (Lipinski definition) is 3. The van der Waals surface area contributed by atoms with Gasteiger partial charge in [-0.05, 0) is 74.4 Å². The third-order valence-electron chi connectivity index (χ3n) is 2.91. The lowest BCUT2D eigenvalue weighted by Crippen LogP contribution is -2.34. The van der Waals surface area contributed by atoms with Crippen molar-refractivity contribution in [3.05, 3.63) is 49.3 Å². The Morgan fingerprint density at radius 1 is 1.17 bits per heavy atom. The van der Waals surface area contributed by atoms with Gasteiger partial charge in [0.15, 0.2) is 5.11 Å². The Hall–Kier alpha value is -1.16. The second-order valence-corrected chi connectivity index (χ2v) is 7.57. The summed E-state index contributed by atoms with van der Waals surface area (Å²) in [6.07, 6.45) is 0. The molecule has 0 aromatic heterocycles. The maximum atomic E-state index is 12.4. The van der Waals surface area contributed by atoms with Crippen LogP contribution in [0, 0.1) is 0 Å². The fourth-order valence-corrected chi connectivity index (χ4v) is 3.59. The van der Waals surface area contributed by atoms with Crippen molar-refractivity contribution < 1.29 is 14.6 Å². The average molecular weight is 539 g/mol. The maximum absolute atomic E-state index is 12.4. The van der Waals surface area contributed by atoms with Gasteiger partial charge in [-0.1, -0.05) is 15.9 Å². The van der Waals surface area contributed by atoms with Crippen molar-refractivity contribution in [1.29, 1.82) is 0 Å². The van der Waals surface area contributed by atoms with Crippen LogP contribution in [0.3, 0.4) is 0 Å². The molecule has 126 valence electrons. The highest BCUT2D eigenvalue weighted by Gasteiger charge is 2.15. The first-order valence-electron chi connectivity index (χ1n) is 6.45. The summed E-state index contributed by atoms with van der Waals surface area (Å²) in [5, 5.41) is 15.3. The average Bonchev–Trinajstić information content (AvgIpc) is 2.52. The van der Waals surface area contributed by atoms with Crippen molar-refractivity contribution in [2.75, 3.05) is 12.4 Å². The van der Waals surface area contributed by atoms with Gasteiger partial charge >= 0.3 is 0 Å². The summed E-state index contributed by atoms with van der Waals surface area (Å²) >= 11 is 14.9. The van der Waals surface area contributed by atoms with Gasteiger partial charge in [0.05, 0.1) is 21.6 Å². The number of hydrogen-bond acceptors (Lipinski definition) is 4. The monoisotopic (exact) mass is 536 g/mol. The van der Waals surface area contributed by atoms with Gasteiger partial charge in [0.1, 0.15) is 11.5 Å². The molecule has 0 unspecified atom stereocenters. The van der Waals surface area contributed by atoms with Crippen LogP contribution in [0.25, 0.3) is 0 Å². The van der Waals surface area contributed by atoms with E-state index < -0.39 is 5.91 Å². The van der Waals surface area contributed by atoms with Gasteiger partial charge in [-0.15, -0.1) is 0 Å². The van der Waals surface area contributed by atoms with E-state index in [-0.39, 0.29) is 10.9 Å². The van der Waals surface area contributed by atoms with Crippen LogP contribution >= 0.6 is 60.0 Å². The van der Waals surface area contributed by atoms with E-state index in [0.29, 0.717) is 25.9 Å². The molecule has 0 bridgehead atoms. The number of ether oxygens (including phenoxy) is 1. The molecule has 0 heterocycles. The van der Waals surface area contributed by atoms with Gasteiger partial charge in [0.2, 0.25) is 0 Å². The number of thiocarbonyl (C=S) groups is 1. The number of amides is 1. The molecule has 5 nitrogen and oxygen atoms in total. The normalized spacial score (nSPS) is 10.2. The molecule has 24 heavy (non-hydrogen) atoms. The van der Waals surface area contributed by atoms with Gasteiger partial charge in [0, 0.05) is 10.2 Å². The first-order chi connectivity index (χ1) is 11.3. The Balaban J connectivity index is 2.13. The second-order valence-electron chi connectivity index (χ2n) is 4.54. The minimum atomic E-state index is -0.400. The van der Waals surface area contributed by atoms with Crippen LogP contribution in [-0.4, -0.2) is 23.2 Å². The van der Waals surface area contributed by atoms with Gasteiger partial charge < -0.3 is 15.2 Å². The van der Waals surface area contributed by atoms with Crippen LogP contribution in [0.2, 0.25) is 0 Å². The molecule has 0 saturated carbocycles. The standard InChI is InChI=1S/C15H11Br3N2O3S/c1-23-12-3-2-7(16)4-9(12)14(22)20-15(24)19-8-5-10(17)13(21)11(18)6-8/h2-6,21H,1H3,(H2,19,20,22,24). The molecule has 0 saturated heterocycles. The number of phenolic OH excluding ortho intramolecular Hbond substituents is 1. The molecule has 2 aromatic carbocycles. The van der Waals surface area contributed by atoms with Crippen LogP contribution in [0.5, 0.6) is 11.5 Å². The molecule has 0 radical (unpaired) electrons. The summed E-state index contributed by atoms with van der Waals surface area (Å²) in [6.45, 7) is 0.